The van der Waals surface area contributed by atoms with E-state index in [0.29, 0.717) is 5.92 Å². The predicted molar refractivity (Wildman–Crippen MR) is 66.6 cm³/mol. The van der Waals surface area contributed by atoms with Gasteiger partial charge in [-0.05, 0) is 41.2 Å². The van der Waals surface area contributed by atoms with E-state index < -0.39 is 0 Å². The molecule has 2 aromatic rings. The molecule has 2 rings (SSSR count). The maximum atomic E-state index is 5.84. The largest absolute Gasteiger partial charge is 0.197 e. The molecule has 0 N–H and O–H groups in total. The molecule has 0 fully saturated rings. The molecule has 0 amide bonds. The van der Waals surface area contributed by atoms with Crippen molar-refractivity contribution >= 4 is 23.1 Å². The van der Waals surface area contributed by atoms with Crippen molar-refractivity contribution in [2.45, 2.75) is 19.8 Å². The molecule has 0 spiro atoms. The molecule has 0 aliphatic carbocycles. The van der Waals surface area contributed by atoms with E-state index in [9.17, 15) is 0 Å². The summed E-state index contributed by atoms with van der Waals surface area (Å²) in [4.78, 5) is 1.20. The van der Waals surface area contributed by atoms with Gasteiger partial charge in [0.05, 0.1) is 10.6 Å². The number of hydrogen-bond acceptors (Lipinski definition) is 2. The molecule has 0 atom stereocenters. The third kappa shape index (κ3) is 2.39. The van der Waals surface area contributed by atoms with Crippen LogP contribution in [0.3, 0.4) is 0 Å². The van der Waals surface area contributed by atoms with Crippen molar-refractivity contribution in [1.29, 1.82) is 0 Å². The van der Waals surface area contributed by atoms with Gasteiger partial charge in [0.25, 0.3) is 0 Å². The van der Waals surface area contributed by atoms with Gasteiger partial charge >= 0.3 is 0 Å². The first-order valence-corrected chi connectivity index (χ1v) is 6.04. The van der Waals surface area contributed by atoms with E-state index in [1.807, 2.05) is 24.3 Å². The van der Waals surface area contributed by atoms with Crippen LogP contribution in [-0.2, 0) is 0 Å². The molecule has 0 aliphatic rings. The fourth-order valence-electron chi connectivity index (χ4n) is 1.31. The van der Waals surface area contributed by atoms with Gasteiger partial charge in [-0.2, -0.15) is 4.37 Å². The summed E-state index contributed by atoms with van der Waals surface area (Å²) in [7, 11) is 0. The highest BCUT2D eigenvalue weighted by Gasteiger charge is 2.06. The summed E-state index contributed by atoms with van der Waals surface area (Å²) in [6.07, 6.45) is 0. The van der Waals surface area contributed by atoms with E-state index in [1.54, 1.807) is 11.5 Å². The highest BCUT2D eigenvalue weighted by atomic mass is 35.5. The Balaban J connectivity index is 2.33. The van der Waals surface area contributed by atoms with E-state index in [-0.39, 0.29) is 0 Å². The molecule has 15 heavy (non-hydrogen) atoms. The number of hydrogen-bond donors (Lipinski definition) is 0. The molecule has 1 nitrogen and oxygen atoms in total. The minimum Gasteiger partial charge on any atom is -0.197 e. The average molecular weight is 238 g/mol. The molecule has 1 heterocycles. The van der Waals surface area contributed by atoms with Crippen LogP contribution in [-0.4, -0.2) is 4.37 Å². The van der Waals surface area contributed by atoms with Crippen LogP contribution in [0.1, 0.15) is 25.5 Å². The summed E-state index contributed by atoms with van der Waals surface area (Å²) >= 11 is 7.39. The van der Waals surface area contributed by atoms with Crippen LogP contribution in [0.5, 0.6) is 0 Å². The quantitative estimate of drug-likeness (QED) is 0.745. The molecule has 1 aromatic carbocycles. The van der Waals surface area contributed by atoms with Gasteiger partial charge in [0.2, 0.25) is 0 Å². The van der Waals surface area contributed by atoms with Gasteiger partial charge < -0.3 is 0 Å². The Hall–Kier alpha value is -0.860. The monoisotopic (exact) mass is 237 g/mol. The molecule has 3 heteroatoms. The summed E-state index contributed by atoms with van der Waals surface area (Å²) in [5, 5.41) is 0.771. The summed E-state index contributed by atoms with van der Waals surface area (Å²) in [5.74, 6) is 0.488. The van der Waals surface area contributed by atoms with E-state index in [2.05, 4.69) is 24.3 Å². The number of rotatable bonds is 2. The van der Waals surface area contributed by atoms with Gasteiger partial charge in [0.1, 0.15) is 0 Å². The van der Waals surface area contributed by atoms with Crippen LogP contribution in [0.15, 0.2) is 30.3 Å². The van der Waals surface area contributed by atoms with Crippen molar-refractivity contribution in [2.75, 3.05) is 0 Å². The molecule has 0 aliphatic heterocycles. The van der Waals surface area contributed by atoms with Crippen molar-refractivity contribution in [3.05, 3.63) is 41.0 Å². The van der Waals surface area contributed by atoms with Gasteiger partial charge in [-0.3, -0.25) is 0 Å². The van der Waals surface area contributed by atoms with Gasteiger partial charge in [-0.1, -0.05) is 37.6 Å². The minimum absolute atomic E-state index is 0.488. The molecule has 0 unspecified atom stereocenters. The Morgan fingerprint density at radius 2 is 1.87 bits per heavy atom. The van der Waals surface area contributed by atoms with Crippen LogP contribution in [0.2, 0.25) is 5.02 Å². The van der Waals surface area contributed by atoms with Crippen LogP contribution < -0.4 is 0 Å². The van der Waals surface area contributed by atoms with Crippen molar-refractivity contribution in [3.63, 3.8) is 0 Å². The smallest absolute Gasteiger partial charge is 0.0574 e. The lowest BCUT2D eigenvalue weighted by Gasteiger charge is -1.97. The zero-order valence-corrected chi connectivity index (χ0v) is 10.3. The zero-order valence-electron chi connectivity index (χ0n) is 8.70. The summed E-state index contributed by atoms with van der Waals surface area (Å²) in [6.45, 7) is 4.31. The Kier molecular flexibility index (Phi) is 3.08. The molecule has 0 bridgehead atoms. The number of halogens is 1. The van der Waals surface area contributed by atoms with Crippen LogP contribution in [0.4, 0.5) is 0 Å². The molecule has 1 aromatic heterocycles. The lowest BCUT2D eigenvalue weighted by Crippen LogP contribution is -1.83. The molecule has 0 saturated heterocycles. The molecule has 0 saturated carbocycles. The number of benzene rings is 1. The summed E-state index contributed by atoms with van der Waals surface area (Å²) in [5.41, 5.74) is 2.34. The first kappa shape index (κ1) is 10.7. The Labute approximate surface area is 98.9 Å². The van der Waals surface area contributed by atoms with E-state index in [0.717, 1.165) is 10.7 Å². The van der Waals surface area contributed by atoms with Crippen molar-refractivity contribution in [3.8, 4) is 10.4 Å². The van der Waals surface area contributed by atoms with Crippen molar-refractivity contribution in [2.24, 2.45) is 0 Å². The number of nitrogens with zero attached hydrogens (tertiary/aromatic N) is 1. The second kappa shape index (κ2) is 4.33. The standard InChI is InChI=1S/C12H12ClNS/c1-8(2)11-7-12(15-14-11)9-3-5-10(13)6-4-9/h3-8H,1-2H3. The Morgan fingerprint density at radius 1 is 1.20 bits per heavy atom. The first-order chi connectivity index (χ1) is 7.16. The van der Waals surface area contributed by atoms with Crippen LogP contribution >= 0.6 is 23.1 Å². The SMILES string of the molecule is CC(C)c1cc(-c2ccc(Cl)cc2)sn1. The molecule has 78 valence electrons. The molecule has 0 radical (unpaired) electrons. The van der Waals surface area contributed by atoms with E-state index in [4.69, 9.17) is 11.6 Å². The third-order valence-electron chi connectivity index (χ3n) is 2.25. The maximum absolute atomic E-state index is 5.84. The first-order valence-electron chi connectivity index (χ1n) is 4.89. The highest BCUT2D eigenvalue weighted by molar-refractivity contribution is 7.09. The second-order valence-corrected chi connectivity index (χ2v) is 5.02. The molecular formula is C12H12ClNS. The van der Waals surface area contributed by atoms with Gasteiger partial charge in [-0.15, -0.1) is 0 Å². The Bertz CT molecular complexity index is 445. The van der Waals surface area contributed by atoms with Crippen molar-refractivity contribution in [1.82, 2.24) is 4.37 Å². The predicted octanol–water partition coefficient (Wildman–Crippen LogP) is 4.59. The van der Waals surface area contributed by atoms with Gasteiger partial charge in [0.15, 0.2) is 0 Å². The topological polar surface area (TPSA) is 12.9 Å². The highest BCUT2D eigenvalue weighted by Crippen LogP contribution is 2.28. The molecular weight excluding hydrogens is 226 g/mol. The third-order valence-corrected chi connectivity index (χ3v) is 3.35. The van der Waals surface area contributed by atoms with Gasteiger partial charge in [0, 0.05) is 5.02 Å². The normalized spacial score (nSPS) is 10.9. The van der Waals surface area contributed by atoms with E-state index in [1.165, 1.54) is 10.4 Å². The fourth-order valence-corrected chi connectivity index (χ4v) is 2.32. The lowest BCUT2D eigenvalue weighted by atomic mass is 10.1. The minimum atomic E-state index is 0.488. The van der Waals surface area contributed by atoms with E-state index >= 15 is 0 Å². The average Bonchev–Trinajstić information content (AvgIpc) is 2.68. The second-order valence-electron chi connectivity index (χ2n) is 3.78. The lowest BCUT2D eigenvalue weighted by molar-refractivity contribution is 0.841. The zero-order chi connectivity index (χ0) is 10.8. The fraction of sp³-hybridized carbons (Fsp3) is 0.250. The van der Waals surface area contributed by atoms with Crippen LogP contribution in [0, 0.1) is 0 Å². The van der Waals surface area contributed by atoms with Crippen LogP contribution in [0.25, 0.3) is 10.4 Å². The van der Waals surface area contributed by atoms with Gasteiger partial charge in [-0.25, -0.2) is 0 Å². The summed E-state index contributed by atoms with van der Waals surface area (Å²) in [6, 6.07) is 10.0. The summed E-state index contributed by atoms with van der Waals surface area (Å²) < 4.78 is 4.42. The maximum Gasteiger partial charge on any atom is 0.0574 e. The number of aromatic nitrogens is 1. The Morgan fingerprint density at radius 3 is 2.40 bits per heavy atom. The van der Waals surface area contributed by atoms with Crippen molar-refractivity contribution < 1.29 is 0 Å².